The number of hydrogen-bond acceptors (Lipinski definition) is 3. The van der Waals surface area contributed by atoms with Crippen LogP contribution in [0, 0.1) is 11.6 Å². The van der Waals surface area contributed by atoms with Gasteiger partial charge >= 0.3 is 0 Å². The van der Waals surface area contributed by atoms with Crippen LogP contribution in [-0.4, -0.2) is 10.8 Å². The molecule has 5 heteroatoms. The highest BCUT2D eigenvalue weighted by Crippen LogP contribution is 2.53. The molecule has 1 fully saturated rings. The van der Waals surface area contributed by atoms with Crippen LogP contribution in [0.4, 0.5) is 8.78 Å². The normalized spacial score (nSPS) is 22.0. The molecule has 3 heterocycles. The largest absolute Gasteiger partial charge is 0.364 e. The van der Waals surface area contributed by atoms with Gasteiger partial charge in [0.05, 0.1) is 11.8 Å². The van der Waals surface area contributed by atoms with Gasteiger partial charge in [-0.25, -0.2) is 13.8 Å². The van der Waals surface area contributed by atoms with Gasteiger partial charge in [-0.3, -0.25) is 4.79 Å². The molecule has 2 atom stereocenters. The Morgan fingerprint density at radius 3 is 2.68 bits per heavy atom. The number of Topliss-reactive ketones (excluding diaryl/α,β-unsaturated/α-hetero) is 1. The number of rotatable bonds is 2. The van der Waals surface area contributed by atoms with Gasteiger partial charge in [-0.1, -0.05) is 0 Å². The van der Waals surface area contributed by atoms with E-state index in [0.717, 1.165) is 30.2 Å². The fraction of sp³-hybridized carbons (Fsp3) is 0.294. The van der Waals surface area contributed by atoms with Crippen molar-refractivity contribution in [2.45, 2.75) is 32.0 Å². The lowest BCUT2D eigenvalue weighted by atomic mass is 9.88. The molecule has 0 spiro atoms. The van der Waals surface area contributed by atoms with Crippen LogP contribution in [0.3, 0.4) is 0 Å². The molecule has 0 saturated carbocycles. The topological polar surface area (TPSA) is 39.2 Å². The molecule has 0 aliphatic carbocycles. The van der Waals surface area contributed by atoms with E-state index in [0.29, 0.717) is 5.56 Å². The Morgan fingerprint density at radius 2 is 1.95 bits per heavy atom. The minimum atomic E-state index is -0.648. The summed E-state index contributed by atoms with van der Waals surface area (Å²) in [5.41, 5.74) is 2.71. The summed E-state index contributed by atoms with van der Waals surface area (Å²) in [6.07, 6.45) is 1.47. The van der Waals surface area contributed by atoms with Crippen molar-refractivity contribution in [2.75, 3.05) is 0 Å². The van der Waals surface area contributed by atoms with Crippen molar-refractivity contribution in [1.29, 1.82) is 0 Å². The highest BCUT2D eigenvalue weighted by Gasteiger charge is 2.41. The van der Waals surface area contributed by atoms with Crippen LogP contribution in [0.2, 0.25) is 0 Å². The second-order valence-electron chi connectivity index (χ2n) is 5.73. The van der Waals surface area contributed by atoms with Crippen molar-refractivity contribution in [3.8, 4) is 11.1 Å². The van der Waals surface area contributed by atoms with Crippen molar-refractivity contribution < 1.29 is 18.3 Å². The number of carbonyl (C=O) groups is 1. The highest BCUT2D eigenvalue weighted by atomic mass is 19.1. The molecule has 112 valence electrons. The molecule has 2 aromatic rings. The van der Waals surface area contributed by atoms with Gasteiger partial charge in [-0.05, 0) is 36.6 Å². The molecule has 0 radical (unpaired) electrons. The number of benzene rings is 1. The van der Waals surface area contributed by atoms with Gasteiger partial charge in [0.15, 0.2) is 5.78 Å². The Balaban J connectivity index is 1.99. The van der Waals surface area contributed by atoms with Gasteiger partial charge in [-0.2, -0.15) is 0 Å². The van der Waals surface area contributed by atoms with Crippen molar-refractivity contribution in [1.82, 2.24) is 4.98 Å². The molecule has 1 saturated heterocycles. The van der Waals surface area contributed by atoms with Crippen molar-refractivity contribution in [3.63, 3.8) is 0 Å². The lowest BCUT2D eigenvalue weighted by Gasteiger charge is -2.17. The zero-order valence-electron chi connectivity index (χ0n) is 11.9. The third-order valence-electron chi connectivity index (χ3n) is 4.32. The molecule has 0 N–H and O–H groups in total. The molecule has 22 heavy (non-hydrogen) atoms. The predicted molar refractivity (Wildman–Crippen MR) is 75.4 cm³/mol. The summed E-state index contributed by atoms with van der Waals surface area (Å²) in [4.78, 5) is 16.1. The zero-order valence-corrected chi connectivity index (χ0v) is 11.9. The second kappa shape index (κ2) is 4.68. The van der Waals surface area contributed by atoms with Crippen LogP contribution in [0.1, 0.15) is 53.7 Å². The third-order valence-corrected chi connectivity index (χ3v) is 4.32. The minimum absolute atomic E-state index is 0.118. The van der Waals surface area contributed by atoms with Gasteiger partial charge in [0.25, 0.3) is 0 Å². The summed E-state index contributed by atoms with van der Waals surface area (Å²) < 4.78 is 33.2. The molecule has 0 amide bonds. The average Bonchev–Trinajstić information content (AvgIpc) is 3.08. The first kappa shape index (κ1) is 13.5. The number of ether oxygens (including phenoxy) is 1. The number of halogens is 2. The fourth-order valence-electron chi connectivity index (χ4n) is 3.32. The molecule has 2 aliphatic heterocycles. The predicted octanol–water partition coefficient (Wildman–Crippen LogP) is 4.14. The Bertz CT molecular complexity index is 803. The maximum atomic E-state index is 14.2. The molecule has 0 unspecified atom stereocenters. The number of carbonyl (C=O) groups excluding carboxylic acids is 1. The first-order valence-corrected chi connectivity index (χ1v) is 7.21. The smallest absolute Gasteiger partial charge is 0.178 e. The lowest BCUT2D eigenvalue weighted by molar-refractivity contribution is 0.0704. The van der Waals surface area contributed by atoms with Crippen LogP contribution in [-0.2, 0) is 4.74 Å². The first-order valence-electron chi connectivity index (χ1n) is 7.21. The van der Waals surface area contributed by atoms with Crippen molar-refractivity contribution in [3.05, 3.63) is 52.9 Å². The lowest BCUT2D eigenvalue weighted by Crippen LogP contribution is -2.09. The van der Waals surface area contributed by atoms with E-state index in [9.17, 15) is 13.6 Å². The summed E-state index contributed by atoms with van der Waals surface area (Å²) >= 11 is 0. The average molecular weight is 301 g/mol. The van der Waals surface area contributed by atoms with Crippen LogP contribution in [0.25, 0.3) is 11.1 Å². The minimum Gasteiger partial charge on any atom is -0.364 e. The van der Waals surface area contributed by atoms with Gasteiger partial charge in [-0.15, -0.1) is 0 Å². The van der Waals surface area contributed by atoms with E-state index in [4.69, 9.17) is 4.74 Å². The molecule has 4 rings (SSSR count). The van der Waals surface area contributed by atoms with E-state index in [2.05, 4.69) is 4.98 Å². The third kappa shape index (κ3) is 1.89. The Kier molecular flexibility index (Phi) is 2.87. The maximum absolute atomic E-state index is 14.2. The summed E-state index contributed by atoms with van der Waals surface area (Å²) in [6, 6.07) is 5.05. The molecular weight excluding hydrogens is 288 g/mol. The number of aromatic nitrogens is 1. The molecular formula is C17H13F2NO2. The highest BCUT2D eigenvalue weighted by molar-refractivity contribution is 5.94. The van der Waals surface area contributed by atoms with Gasteiger partial charge in [0.1, 0.15) is 23.4 Å². The van der Waals surface area contributed by atoms with Gasteiger partial charge in [0, 0.05) is 24.1 Å². The number of fused-ring (bicyclic) bond motifs is 5. The van der Waals surface area contributed by atoms with Crippen LogP contribution >= 0.6 is 0 Å². The van der Waals surface area contributed by atoms with Crippen molar-refractivity contribution >= 4 is 5.78 Å². The van der Waals surface area contributed by atoms with E-state index < -0.39 is 11.6 Å². The van der Waals surface area contributed by atoms with Crippen LogP contribution in [0.15, 0.2) is 24.3 Å². The monoisotopic (exact) mass is 301 g/mol. The maximum Gasteiger partial charge on any atom is 0.178 e. The Morgan fingerprint density at radius 1 is 1.18 bits per heavy atom. The van der Waals surface area contributed by atoms with Crippen LogP contribution < -0.4 is 0 Å². The number of ketones is 1. The number of nitrogens with zero attached hydrogens (tertiary/aromatic N) is 1. The Labute approximate surface area is 125 Å². The first-order chi connectivity index (χ1) is 10.5. The summed E-state index contributed by atoms with van der Waals surface area (Å²) in [7, 11) is 0. The molecule has 2 aliphatic rings. The standard InChI is InChI=1S/C17H13F2NO2/c1-8(21)13-7-11(10-3-2-9(18)6-12(10)19)16-14-4-5-15(22-14)17(16)20-13/h2-3,6-7,14-15H,4-5H2,1H3/t14-,15+/m0/s1. The summed E-state index contributed by atoms with van der Waals surface area (Å²) in [5.74, 6) is -1.46. The quantitative estimate of drug-likeness (QED) is 0.783. The Hall–Kier alpha value is -2.14. The van der Waals surface area contributed by atoms with Crippen molar-refractivity contribution in [2.24, 2.45) is 0 Å². The molecule has 2 bridgehead atoms. The van der Waals surface area contributed by atoms with E-state index in [1.165, 1.54) is 19.1 Å². The molecule has 3 nitrogen and oxygen atoms in total. The number of hydrogen-bond donors (Lipinski definition) is 0. The molecule has 1 aromatic heterocycles. The van der Waals surface area contributed by atoms with Gasteiger partial charge in [0.2, 0.25) is 0 Å². The van der Waals surface area contributed by atoms with E-state index in [1.807, 2.05) is 0 Å². The fourth-order valence-corrected chi connectivity index (χ4v) is 3.32. The van der Waals surface area contributed by atoms with E-state index in [-0.39, 0.29) is 29.2 Å². The zero-order chi connectivity index (χ0) is 15.4. The summed E-state index contributed by atoms with van der Waals surface area (Å²) in [5, 5.41) is 0. The SMILES string of the molecule is CC(=O)c1cc(-c2ccc(F)cc2F)c2c(n1)[C@H]1CC[C@@H]2O1. The molecule has 1 aromatic carbocycles. The van der Waals surface area contributed by atoms with Gasteiger partial charge < -0.3 is 4.74 Å². The van der Waals surface area contributed by atoms with E-state index >= 15 is 0 Å². The number of pyridine rings is 1. The van der Waals surface area contributed by atoms with Crippen LogP contribution in [0.5, 0.6) is 0 Å². The van der Waals surface area contributed by atoms with E-state index in [1.54, 1.807) is 6.07 Å². The summed E-state index contributed by atoms with van der Waals surface area (Å²) in [6.45, 7) is 1.42. The second-order valence-corrected chi connectivity index (χ2v) is 5.73.